The summed E-state index contributed by atoms with van der Waals surface area (Å²) in [6.45, 7) is 1.62. The van der Waals surface area contributed by atoms with Gasteiger partial charge < -0.3 is 25.3 Å². The van der Waals surface area contributed by atoms with Crippen molar-refractivity contribution in [1.82, 2.24) is 10.3 Å². The number of nitrogens with two attached hydrogens (primary N) is 1. The maximum atomic E-state index is 12.1. The molecule has 142 valence electrons. The van der Waals surface area contributed by atoms with Gasteiger partial charge in [-0.2, -0.15) is 0 Å². The SMILES string of the molecule is COc1cc2c(OC[C@@H]3CC(C4COC4)C(=O)N3)nccc2cc1C(N)=O. The molecule has 2 amide bonds. The highest BCUT2D eigenvalue weighted by molar-refractivity contribution is 6.01. The number of primary amides is 1. The topological polar surface area (TPSA) is 113 Å². The number of ether oxygens (including phenoxy) is 3. The maximum Gasteiger partial charge on any atom is 0.252 e. The molecule has 2 aliphatic rings. The molecule has 1 unspecified atom stereocenters. The van der Waals surface area contributed by atoms with Crippen LogP contribution in [0.4, 0.5) is 0 Å². The van der Waals surface area contributed by atoms with Gasteiger partial charge in [0.1, 0.15) is 12.4 Å². The van der Waals surface area contributed by atoms with Crippen LogP contribution in [-0.2, 0) is 9.53 Å². The van der Waals surface area contributed by atoms with Crippen LogP contribution in [0.15, 0.2) is 24.4 Å². The van der Waals surface area contributed by atoms with E-state index in [1.807, 2.05) is 0 Å². The zero-order valence-electron chi connectivity index (χ0n) is 14.9. The summed E-state index contributed by atoms with van der Waals surface area (Å²) in [7, 11) is 1.48. The van der Waals surface area contributed by atoms with Crippen molar-refractivity contribution in [1.29, 1.82) is 0 Å². The van der Waals surface area contributed by atoms with Gasteiger partial charge in [-0.1, -0.05) is 0 Å². The summed E-state index contributed by atoms with van der Waals surface area (Å²) >= 11 is 0. The van der Waals surface area contributed by atoms with Gasteiger partial charge in [-0.3, -0.25) is 9.59 Å². The van der Waals surface area contributed by atoms with Crippen LogP contribution in [0.1, 0.15) is 16.8 Å². The molecular weight excluding hydrogens is 350 g/mol. The molecule has 2 atom stereocenters. The van der Waals surface area contributed by atoms with E-state index in [9.17, 15) is 9.59 Å². The van der Waals surface area contributed by atoms with Crippen molar-refractivity contribution in [2.24, 2.45) is 17.6 Å². The highest BCUT2D eigenvalue weighted by Crippen LogP contribution is 2.32. The Balaban J connectivity index is 1.52. The number of hydrogen-bond donors (Lipinski definition) is 2. The van der Waals surface area contributed by atoms with Crippen molar-refractivity contribution in [2.75, 3.05) is 26.9 Å². The highest BCUT2D eigenvalue weighted by Gasteiger charge is 2.40. The van der Waals surface area contributed by atoms with Gasteiger partial charge in [-0.15, -0.1) is 0 Å². The molecule has 0 saturated carbocycles. The molecule has 2 aromatic rings. The molecule has 0 aliphatic carbocycles. The fourth-order valence-electron chi connectivity index (χ4n) is 3.61. The molecular formula is C19H21N3O5. The molecule has 0 radical (unpaired) electrons. The lowest BCUT2D eigenvalue weighted by Gasteiger charge is -2.29. The largest absolute Gasteiger partial charge is 0.496 e. The standard InChI is InChI=1S/C19H21N3O5/c1-25-16-6-14-10(4-15(16)17(20)23)2-3-21-19(14)27-9-12-5-13(18(24)22-12)11-7-26-8-11/h2-4,6,11-13H,5,7-9H2,1H3,(H2,20,23)(H,22,24)/t12-,13?/m0/s1. The first-order chi connectivity index (χ1) is 13.1. The summed E-state index contributed by atoms with van der Waals surface area (Å²) in [6.07, 6.45) is 2.34. The second-order valence-corrected chi connectivity index (χ2v) is 6.91. The highest BCUT2D eigenvalue weighted by atomic mass is 16.5. The Kier molecular flexibility index (Phi) is 4.57. The Hall–Kier alpha value is -2.87. The van der Waals surface area contributed by atoms with Crippen LogP contribution in [0.5, 0.6) is 11.6 Å². The van der Waals surface area contributed by atoms with Crippen LogP contribution in [0, 0.1) is 11.8 Å². The van der Waals surface area contributed by atoms with Crippen molar-refractivity contribution in [3.05, 3.63) is 30.0 Å². The Morgan fingerprint density at radius 2 is 2.22 bits per heavy atom. The monoisotopic (exact) mass is 371 g/mol. The minimum atomic E-state index is -0.562. The number of amides is 2. The zero-order chi connectivity index (χ0) is 19.0. The van der Waals surface area contributed by atoms with Gasteiger partial charge in [-0.05, 0) is 30.0 Å². The van der Waals surface area contributed by atoms with Gasteiger partial charge >= 0.3 is 0 Å². The van der Waals surface area contributed by atoms with Crippen molar-refractivity contribution in [2.45, 2.75) is 12.5 Å². The number of methoxy groups -OCH3 is 1. The van der Waals surface area contributed by atoms with E-state index in [1.54, 1.807) is 24.4 Å². The van der Waals surface area contributed by atoms with Crippen molar-refractivity contribution in [3.63, 3.8) is 0 Å². The zero-order valence-corrected chi connectivity index (χ0v) is 14.9. The van der Waals surface area contributed by atoms with Gasteiger partial charge in [0, 0.05) is 23.4 Å². The Morgan fingerprint density at radius 1 is 1.41 bits per heavy atom. The molecule has 2 aliphatic heterocycles. The van der Waals surface area contributed by atoms with Gasteiger partial charge in [-0.25, -0.2) is 4.98 Å². The normalized spacial score (nSPS) is 22.3. The summed E-state index contributed by atoms with van der Waals surface area (Å²) in [6, 6.07) is 5.07. The summed E-state index contributed by atoms with van der Waals surface area (Å²) < 4.78 is 16.4. The molecule has 3 N–H and O–H groups in total. The molecule has 0 bridgehead atoms. The van der Waals surface area contributed by atoms with Crippen LogP contribution in [0.3, 0.4) is 0 Å². The number of carbonyl (C=O) groups is 2. The number of benzene rings is 1. The van der Waals surface area contributed by atoms with Gasteiger partial charge in [0.15, 0.2) is 0 Å². The number of nitrogens with zero attached hydrogens (tertiary/aromatic N) is 1. The minimum absolute atomic E-state index is 0.00829. The van der Waals surface area contributed by atoms with Crippen LogP contribution in [0.2, 0.25) is 0 Å². The molecule has 3 heterocycles. The van der Waals surface area contributed by atoms with E-state index in [1.165, 1.54) is 7.11 Å². The first-order valence-corrected chi connectivity index (χ1v) is 8.84. The van der Waals surface area contributed by atoms with Gasteiger partial charge in [0.05, 0.1) is 31.9 Å². The quantitative estimate of drug-likeness (QED) is 0.779. The molecule has 4 rings (SSSR count). The molecule has 0 spiro atoms. The lowest BCUT2D eigenvalue weighted by molar-refractivity contribution is -0.131. The molecule has 8 nitrogen and oxygen atoms in total. The second-order valence-electron chi connectivity index (χ2n) is 6.91. The van der Waals surface area contributed by atoms with Gasteiger partial charge in [0.2, 0.25) is 11.8 Å². The minimum Gasteiger partial charge on any atom is -0.496 e. The third-order valence-corrected chi connectivity index (χ3v) is 5.19. The van der Waals surface area contributed by atoms with E-state index in [-0.39, 0.29) is 17.9 Å². The summed E-state index contributed by atoms with van der Waals surface area (Å²) in [5, 5.41) is 4.47. The lowest BCUT2D eigenvalue weighted by Crippen LogP contribution is -2.38. The summed E-state index contributed by atoms with van der Waals surface area (Å²) in [5.74, 6) is 0.593. The molecule has 2 fully saturated rings. The number of pyridine rings is 1. The number of carbonyl (C=O) groups excluding carboxylic acids is 2. The molecule has 27 heavy (non-hydrogen) atoms. The van der Waals surface area contributed by atoms with Crippen molar-refractivity contribution >= 4 is 22.6 Å². The Labute approximate surface area is 156 Å². The average molecular weight is 371 g/mol. The van der Waals surface area contributed by atoms with E-state index in [0.717, 1.165) is 11.8 Å². The smallest absolute Gasteiger partial charge is 0.252 e. The molecule has 2 saturated heterocycles. The predicted molar refractivity (Wildman–Crippen MR) is 96.7 cm³/mol. The Bertz CT molecular complexity index is 896. The lowest BCUT2D eigenvalue weighted by atomic mass is 9.88. The third kappa shape index (κ3) is 3.28. The summed E-state index contributed by atoms with van der Waals surface area (Å²) in [4.78, 5) is 28.0. The third-order valence-electron chi connectivity index (χ3n) is 5.19. The first-order valence-electron chi connectivity index (χ1n) is 8.84. The number of fused-ring (bicyclic) bond motifs is 1. The number of rotatable bonds is 6. The van der Waals surface area contributed by atoms with E-state index in [2.05, 4.69) is 10.3 Å². The first kappa shape index (κ1) is 17.5. The van der Waals surface area contributed by atoms with Crippen LogP contribution >= 0.6 is 0 Å². The Morgan fingerprint density at radius 3 is 2.89 bits per heavy atom. The maximum absolute atomic E-state index is 12.1. The number of aromatic nitrogens is 1. The van der Waals surface area contributed by atoms with E-state index in [0.29, 0.717) is 48.3 Å². The van der Waals surface area contributed by atoms with Crippen LogP contribution < -0.4 is 20.5 Å². The van der Waals surface area contributed by atoms with Crippen molar-refractivity contribution in [3.8, 4) is 11.6 Å². The molecule has 1 aromatic heterocycles. The van der Waals surface area contributed by atoms with E-state index < -0.39 is 5.91 Å². The van der Waals surface area contributed by atoms with E-state index >= 15 is 0 Å². The van der Waals surface area contributed by atoms with Gasteiger partial charge in [0.25, 0.3) is 5.91 Å². The van der Waals surface area contributed by atoms with Crippen molar-refractivity contribution < 1.29 is 23.8 Å². The molecule has 8 heteroatoms. The fourth-order valence-corrected chi connectivity index (χ4v) is 3.61. The van der Waals surface area contributed by atoms with E-state index in [4.69, 9.17) is 19.9 Å². The van der Waals surface area contributed by atoms with Crippen LogP contribution in [0.25, 0.3) is 10.8 Å². The fraction of sp³-hybridized carbons (Fsp3) is 0.421. The predicted octanol–water partition coefficient (Wildman–Crippen LogP) is 0.872. The average Bonchev–Trinajstić information content (AvgIpc) is 2.97. The number of hydrogen-bond acceptors (Lipinski definition) is 6. The summed E-state index contributed by atoms with van der Waals surface area (Å²) in [5.41, 5.74) is 5.71. The number of nitrogens with one attached hydrogen (secondary N) is 1. The molecule has 1 aromatic carbocycles. The van der Waals surface area contributed by atoms with Crippen LogP contribution in [-0.4, -0.2) is 49.8 Å². The second kappa shape index (κ2) is 7.03.